The summed E-state index contributed by atoms with van der Waals surface area (Å²) in [6, 6.07) is 5.48. The summed E-state index contributed by atoms with van der Waals surface area (Å²) in [5, 5.41) is 3.48. The van der Waals surface area contributed by atoms with Gasteiger partial charge in [0.05, 0.1) is 17.2 Å². The Bertz CT molecular complexity index is 551. The van der Waals surface area contributed by atoms with Crippen molar-refractivity contribution in [2.75, 3.05) is 6.54 Å². The van der Waals surface area contributed by atoms with E-state index in [1.54, 1.807) is 24.3 Å². The van der Waals surface area contributed by atoms with Crippen LogP contribution < -0.4 is 5.32 Å². The maximum absolute atomic E-state index is 13.8. The Morgan fingerprint density at radius 2 is 2.16 bits per heavy atom. The molecular weight excluding hydrogens is 259 g/mol. The molecule has 19 heavy (non-hydrogen) atoms. The molecule has 0 radical (unpaired) electrons. The first-order chi connectivity index (χ1) is 9.13. The molecular formula is C15H19FN2S. The van der Waals surface area contributed by atoms with E-state index < -0.39 is 0 Å². The second kappa shape index (κ2) is 6.26. The van der Waals surface area contributed by atoms with E-state index in [1.807, 2.05) is 24.6 Å². The van der Waals surface area contributed by atoms with Crippen molar-refractivity contribution in [3.05, 3.63) is 51.2 Å². The molecule has 0 bridgehead atoms. The SMILES string of the molecule is CCCNC(c1ccc(C)c(F)c1)c1scnc1C. The Labute approximate surface area is 117 Å². The zero-order valence-electron chi connectivity index (χ0n) is 11.5. The number of benzene rings is 1. The van der Waals surface area contributed by atoms with E-state index in [9.17, 15) is 4.39 Å². The first kappa shape index (κ1) is 14.2. The molecule has 4 heteroatoms. The van der Waals surface area contributed by atoms with Crippen LogP contribution in [0.5, 0.6) is 0 Å². The minimum Gasteiger partial charge on any atom is -0.306 e. The van der Waals surface area contributed by atoms with Crippen molar-refractivity contribution in [2.45, 2.75) is 33.2 Å². The van der Waals surface area contributed by atoms with E-state index in [0.29, 0.717) is 5.56 Å². The van der Waals surface area contributed by atoms with Gasteiger partial charge < -0.3 is 5.32 Å². The Hall–Kier alpha value is -1.26. The molecule has 0 spiro atoms. The second-order valence-corrected chi connectivity index (χ2v) is 5.58. The summed E-state index contributed by atoms with van der Waals surface area (Å²) in [7, 11) is 0. The molecule has 0 amide bonds. The van der Waals surface area contributed by atoms with Crippen molar-refractivity contribution in [1.29, 1.82) is 0 Å². The highest BCUT2D eigenvalue weighted by Gasteiger charge is 2.18. The van der Waals surface area contributed by atoms with Crippen LogP contribution in [0.15, 0.2) is 23.7 Å². The summed E-state index contributed by atoms with van der Waals surface area (Å²) in [4.78, 5) is 5.46. The lowest BCUT2D eigenvalue weighted by Crippen LogP contribution is -2.23. The van der Waals surface area contributed by atoms with Crippen LogP contribution in [0.1, 0.15) is 41.1 Å². The van der Waals surface area contributed by atoms with Crippen molar-refractivity contribution in [3.8, 4) is 0 Å². The highest BCUT2D eigenvalue weighted by molar-refractivity contribution is 7.09. The van der Waals surface area contributed by atoms with Crippen LogP contribution in [0.4, 0.5) is 4.39 Å². The number of aryl methyl sites for hydroxylation is 2. The van der Waals surface area contributed by atoms with E-state index >= 15 is 0 Å². The molecule has 1 aromatic heterocycles. The first-order valence-corrected chi connectivity index (χ1v) is 7.40. The molecule has 2 nitrogen and oxygen atoms in total. The number of nitrogens with one attached hydrogen (secondary N) is 1. The van der Waals surface area contributed by atoms with Gasteiger partial charge >= 0.3 is 0 Å². The van der Waals surface area contributed by atoms with Crippen molar-refractivity contribution < 1.29 is 4.39 Å². The quantitative estimate of drug-likeness (QED) is 0.894. The van der Waals surface area contributed by atoms with Crippen molar-refractivity contribution in [3.63, 3.8) is 0 Å². The van der Waals surface area contributed by atoms with Gasteiger partial charge in [-0.15, -0.1) is 11.3 Å². The molecule has 1 atom stereocenters. The topological polar surface area (TPSA) is 24.9 Å². The first-order valence-electron chi connectivity index (χ1n) is 6.53. The van der Waals surface area contributed by atoms with Gasteiger partial charge in [-0.05, 0) is 44.0 Å². The normalized spacial score (nSPS) is 12.6. The minimum atomic E-state index is -0.150. The lowest BCUT2D eigenvalue weighted by Gasteiger charge is -2.18. The molecule has 0 aliphatic rings. The number of hydrogen-bond donors (Lipinski definition) is 1. The third-order valence-electron chi connectivity index (χ3n) is 3.17. The van der Waals surface area contributed by atoms with Gasteiger partial charge in [-0.3, -0.25) is 0 Å². The standard InChI is InChI=1S/C15H19FN2S/c1-4-7-17-14(15-11(3)18-9-19-15)12-6-5-10(2)13(16)8-12/h5-6,8-9,14,17H,4,7H2,1-3H3. The van der Waals surface area contributed by atoms with Gasteiger partial charge in [-0.1, -0.05) is 19.1 Å². The summed E-state index contributed by atoms with van der Waals surface area (Å²) in [5.41, 5.74) is 4.50. The molecule has 1 N–H and O–H groups in total. The number of aromatic nitrogens is 1. The van der Waals surface area contributed by atoms with Crippen LogP contribution in [0.2, 0.25) is 0 Å². The number of hydrogen-bond acceptors (Lipinski definition) is 3. The lowest BCUT2D eigenvalue weighted by atomic mass is 10.0. The third kappa shape index (κ3) is 3.19. The van der Waals surface area contributed by atoms with Crippen molar-refractivity contribution in [2.24, 2.45) is 0 Å². The van der Waals surface area contributed by atoms with Crippen LogP contribution in [0.3, 0.4) is 0 Å². The number of nitrogens with zero attached hydrogens (tertiary/aromatic N) is 1. The zero-order chi connectivity index (χ0) is 13.8. The summed E-state index contributed by atoms with van der Waals surface area (Å²) < 4.78 is 13.8. The fourth-order valence-corrected chi connectivity index (χ4v) is 2.93. The van der Waals surface area contributed by atoms with E-state index in [1.165, 1.54) is 0 Å². The van der Waals surface area contributed by atoms with Crippen LogP contribution in [-0.2, 0) is 0 Å². The van der Waals surface area contributed by atoms with Gasteiger partial charge in [0.15, 0.2) is 0 Å². The van der Waals surface area contributed by atoms with Gasteiger partial charge in [0.25, 0.3) is 0 Å². The van der Waals surface area contributed by atoms with Gasteiger partial charge in [0.1, 0.15) is 5.82 Å². The lowest BCUT2D eigenvalue weighted by molar-refractivity contribution is 0.585. The number of thiazole rings is 1. The Morgan fingerprint density at radius 3 is 2.74 bits per heavy atom. The predicted molar refractivity (Wildman–Crippen MR) is 78.1 cm³/mol. The Morgan fingerprint density at radius 1 is 1.37 bits per heavy atom. The third-order valence-corrected chi connectivity index (χ3v) is 4.17. The zero-order valence-corrected chi connectivity index (χ0v) is 12.4. The molecule has 102 valence electrons. The fraction of sp³-hybridized carbons (Fsp3) is 0.400. The van der Waals surface area contributed by atoms with Crippen LogP contribution in [0.25, 0.3) is 0 Å². The molecule has 2 rings (SSSR count). The molecule has 1 unspecified atom stereocenters. The Balaban J connectivity index is 2.37. The molecule has 2 aromatic rings. The van der Waals surface area contributed by atoms with Gasteiger partial charge in [-0.2, -0.15) is 0 Å². The molecule has 0 saturated heterocycles. The van der Waals surface area contributed by atoms with Crippen LogP contribution >= 0.6 is 11.3 Å². The molecule has 0 saturated carbocycles. The molecule has 1 heterocycles. The summed E-state index contributed by atoms with van der Waals surface area (Å²) in [6.07, 6.45) is 1.04. The van der Waals surface area contributed by atoms with E-state index in [0.717, 1.165) is 29.1 Å². The highest BCUT2D eigenvalue weighted by atomic mass is 32.1. The van der Waals surface area contributed by atoms with Crippen molar-refractivity contribution in [1.82, 2.24) is 10.3 Å². The molecule has 0 fully saturated rings. The monoisotopic (exact) mass is 278 g/mol. The highest BCUT2D eigenvalue weighted by Crippen LogP contribution is 2.28. The summed E-state index contributed by atoms with van der Waals surface area (Å²) >= 11 is 1.62. The maximum atomic E-state index is 13.8. The van der Waals surface area contributed by atoms with E-state index in [2.05, 4.69) is 17.2 Å². The molecule has 0 aliphatic carbocycles. The van der Waals surface area contributed by atoms with Gasteiger partial charge in [-0.25, -0.2) is 9.37 Å². The average Bonchev–Trinajstić information content (AvgIpc) is 2.80. The van der Waals surface area contributed by atoms with E-state index in [-0.39, 0.29) is 11.9 Å². The molecule has 1 aromatic carbocycles. The fourth-order valence-electron chi connectivity index (χ4n) is 2.03. The Kier molecular flexibility index (Phi) is 4.66. The van der Waals surface area contributed by atoms with Gasteiger partial charge in [0, 0.05) is 4.88 Å². The van der Waals surface area contributed by atoms with Gasteiger partial charge in [0.2, 0.25) is 0 Å². The van der Waals surface area contributed by atoms with E-state index in [4.69, 9.17) is 0 Å². The molecule has 0 aliphatic heterocycles. The van der Waals surface area contributed by atoms with Crippen LogP contribution in [-0.4, -0.2) is 11.5 Å². The predicted octanol–water partition coefficient (Wildman–Crippen LogP) is 3.99. The number of halogens is 1. The van der Waals surface area contributed by atoms with Crippen LogP contribution in [0, 0.1) is 19.7 Å². The minimum absolute atomic E-state index is 0.0301. The number of rotatable bonds is 5. The average molecular weight is 278 g/mol. The van der Waals surface area contributed by atoms with Crippen molar-refractivity contribution >= 4 is 11.3 Å². The maximum Gasteiger partial charge on any atom is 0.126 e. The smallest absolute Gasteiger partial charge is 0.126 e. The second-order valence-electron chi connectivity index (χ2n) is 4.70. The largest absolute Gasteiger partial charge is 0.306 e. The summed E-state index contributed by atoms with van der Waals surface area (Å²) in [6.45, 7) is 6.80. The summed E-state index contributed by atoms with van der Waals surface area (Å²) in [5.74, 6) is -0.150.